The highest BCUT2D eigenvalue weighted by Crippen LogP contribution is 2.75. The fourth-order valence-electron chi connectivity index (χ4n) is 9.92. The van der Waals surface area contributed by atoms with Crippen molar-refractivity contribution in [1.29, 1.82) is 0 Å². The summed E-state index contributed by atoms with van der Waals surface area (Å²) >= 11 is 0. The summed E-state index contributed by atoms with van der Waals surface area (Å²) in [6, 6.07) is 9.22. The number of hydrogen-bond donors (Lipinski definition) is 0. The van der Waals surface area contributed by atoms with E-state index in [0.717, 1.165) is 0 Å². The van der Waals surface area contributed by atoms with Gasteiger partial charge >= 0.3 is 5.97 Å². The number of rotatable bonds is 6. The second-order valence-electron chi connectivity index (χ2n) is 12.9. The summed E-state index contributed by atoms with van der Waals surface area (Å²) in [4.78, 5) is 12.9. The van der Waals surface area contributed by atoms with Crippen molar-refractivity contribution in [1.82, 2.24) is 0 Å². The molecule has 7 rings (SSSR count). The van der Waals surface area contributed by atoms with Gasteiger partial charge in [-0.05, 0) is 66.9 Å². The van der Waals surface area contributed by atoms with Gasteiger partial charge in [-0.1, -0.05) is 51.1 Å². The van der Waals surface area contributed by atoms with E-state index in [1.165, 1.54) is 25.7 Å². The zero-order chi connectivity index (χ0) is 25.7. The van der Waals surface area contributed by atoms with Gasteiger partial charge in [0.15, 0.2) is 12.4 Å². The SMILES string of the molecule is COC(OC)C(C)[C@H]1CC[C@H]2[C@@H]3C=C[C@@]45O[C@@H]4[C@@H](OC(=O)c4ccccc4)[C@@H]4O[C@@H]4[C@]5(C)[C@H]3CC[C@]12C. The predicted molar refractivity (Wildman–Crippen MR) is 137 cm³/mol. The summed E-state index contributed by atoms with van der Waals surface area (Å²) in [5, 5.41) is 0. The Morgan fingerprint density at radius 3 is 2.51 bits per heavy atom. The molecule has 1 unspecified atom stereocenters. The number of epoxide rings is 2. The molecule has 0 amide bonds. The van der Waals surface area contributed by atoms with Crippen LogP contribution in [0.5, 0.6) is 0 Å². The molecule has 1 aromatic rings. The van der Waals surface area contributed by atoms with Crippen LogP contribution in [0.4, 0.5) is 0 Å². The van der Waals surface area contributed by atoms with Crippen LogP contribution in [-0.2, 0) is 23.7 Å². The van der Waals surface area contributed by atoms with Crippen LogP contribution in [0.3, 0.4) is 0 Å². The summed E-state index contributed by atoms with van der Waals surface area (Å²) in [6.07, 6.45) is 9.05. The first-order valence-electron chi connectivity index (χ1n) is 14.1. The number of carbonyl (C=O) groups is 1. The molecule has 0 bridgehead atoms. The quantitative estimate of drug-likeness (QED) is 0.233. The molecule has 6 nitrogen and oxygen atoms in total. The minimum Gasteiger partial charge on any atom is -0.453 e. The Labute approximate surface area is 220 Å². The second-order valence-corrected chi connectivity index (χ2v) is 12.9. The Kier molecular flexibility index (Phi) is 5.35. The first-order chi connectivity index (χ1) is 17.8. The van der Waals surface area contributed by atoms with Crippen molar-refractivity contribution in [2.24, 2.45) is 40.4 Å². The molecule has 12 atom stereocenters. The Morgan fingerprint density at radius 1 is 1.03 bits per heavy atom. The van der Waals surface area contributed by atoms with E-state index in [9.17, 15) is 4.79 Å². The highest BCUT2D eigenvalue weighted by atomic mass is 16.7. The van der Waals surface area contributed by atoms with Crippen molar-refractivity contribution in [2.45, 2.75) is 82.8 Å². The van der Waals surface area contributed by atoms with Crippen LogP contribution < -0.4 is 0 Å². The monoisotopic (exact) mass is 508 g/mol. The van der Waals surface area contributed by atoms with Gasteiger partial charge in [-0.25, -0.2) is 4.79 Å². The lowest BCUT2D eigenvalue weighted by Gasteiger charge is -2.57. The van der Waals surface area contributed by atoms with Crippen LogP contribution in [0.15, 0.2) is 42.5 Å². The number of fused-ring (bicyclic) bond motifs is 6. The van der Waals surface area contributed by atoms with Crippen LogP contribution in [0.25, 0.3) is 0 Å². The fourth-order valence-corrected chi connectivity index (χ4v) is 9.92. The Bertz CT molecular complexity index is 1100. The number of esters is 1. The molecule has 200 valence electrons. The average Bonchev–Trinajstić information content (AvgIpc) is 3.81. The molecule has 6 heteroatoms. The number of ether oxygens (including phenoxy) is 5. The third kappa shape index (κ3) is 3.10. The Balaban J connectivity index is 1.15. The van der Waals surface area contributed by atoms with Gasteiger partial charge in [0.05, 0.1) is 11.7 Å². The van der Waals surface area contributed by atoms with Gasteiger partial charge in [-0.3, -0.25) is 0 Å². The molecule has 2 aliphatic heterocycles. The van der Waals surface area contributed by atoms with Gasteiger partial charge in [0.25, 0.3) is 0 Å². The molecule has 1 spiro atoms. The Morgan fingerprint density at radius 2 is 1.78 bits per heavy atom. The molecule has 6 aliphatic rings. The zero-order valence-electron chi connectivity index (χ0n) is 22.6. The number of carbonyl (C=O) groups excluding carboxylic acids is 1. The topological polar surface area (TPSA) is 69.8 Å². The van der Waals surface area contributed by atoms with Gasteiger partial charge in [0, 0.05) is 25.6 Å². The van der Waals surface area contributed by atoms with Crippen LogP contribution in [0, 0.1) is 40.4 Å². The minimum absolute atomic E-state index is 0.0701. The zero-order valence-corrected chi connectivity index (χ0v) is 22.6. The first kappa shape index (κ1) is 24.3. The van der Waals surface area contributed by atoms with E-state index in [0.29, 0.717) is 35.2 Å². The van der Waals surface area contributed by atoms with E-state index < -0.39 is 0 Å². The van der Waals surface area contributed by atoms with E-state index in [4.69, 9.17) is 23.7 Å². The first-order valence-corrected chi connectivity index (χ1v) is 14.1. The molecule has 4 aliphatic carbocycles. The second kappa shape index (κ2) is 8.14. The van der Waals surface area contributed by atoms with Crippen LogP contribution in [0.1, 0.15) is 56.8 Å². The fraction of sp³-hybridized carbons (Fsp3) is 0.710. The molecule has 0 N–H and O–H groups in total. The van der Waals surface area contributed by atoms with E-state index in [1.807, 2.05) is 18.2 Å². The van der Waals surface area contributed by atoms with Crippen molar-refractivity contribution in [3.05, 3.63) is 48.0 Å². The van der Waals surface area contributed by atoms with Crippen LogP contribution in [-0.4, -0.2) is 56.5 Å². The van der Waals surface area contributed by atoms with E-state index in [-0.39, 0.29) is 53.1 Å². The van der Waals surface area contributed by atoms with E-state index in [1.54, 1.807) is 26.4 Å². The van der Waals surface area contributed by atoms with Crippen LogP contribution >= 0.6 is 0 Å². The molecule has 5 fully saturated rings. The van der Waals surface area contributed by atoms with Crippen molar-refractivity contribution in [3.8, 4) is 0 Å². The molecule has 0 aromatic heterocycles. The number of allylic oxidation sites excluding steroid dienone is 1. The van der Waals surface area contributed by atoms with Crippen molar-refractivity contribution in [3.63, 3.8) is 0 Å². The standard InChI is InChI=1S/C31H40O6/c1-17(28(33-4)34-5)20-11-12-21-19-13-16-31-26(37-31)24(36-27(32)18-9-7-6-8-10-18)23-25(35-23)30(31,3)22(19)14-15-29(20,21)2/h6-10,13,16-17,19-26,28H,11-12,14-15H2,1-5H3/t17?,19-,20+,21-,22-,23-,24-,25-,26+,29+,30-,31+/m0/s1. The normalized spacial score (nSPS) is 49.2. The van der Waals surface area contributed by atoms with Crippen molar-refractivity contribution in [2.75, 3.05) is 14.2 Å². The third-order valence-electron chi connectivity index (χ3n) is 11.8. The lowest BCUT2D eigenvalue weighted by molar-refractivity contribution is -0.161. The molecule has 37 heavy (non-hydrogen) atoms. The van der Waals surface area contributed by atoms with Gasteiger partial charge in [-0.2, -0.15) is 0 Å². The maximum atomic E-state index is 12.9. The molecule has 0 radical (unpaired) electrons. The van der Waals surface area contributed by atoms with Gasteiger partial charge in [-0.15, -0.1) is 0 Å². The van der Waals surface area contributed by atoms with Crippen molar-refractivity contribution >= 4 is 5.97 Å². The molecular weight excluding hydrogens is 468 g/mol. The number of hydrogen-bond acceptors (Lipinski definition) is 6. The van der Waals surface area contributed by atoms with Gasteiger partial charge in [0.1, 0.15) is 17.8 Å². The minimum atomic E-state index is -0.385. The lowest BCUT2D eigenvalue weighted by atomic mass is 9.46. The average molecular weight is 509 g/mol. The molecular formula is C31H40O6. The highest BCUT2D eigenvalue weighted by molar-refractivity contribution is 5.89. The summed E-state index contributed by atoms with van der Waals surface area (Å²) in [5.74, 6) is 2.32. The largest absolute Gasteiger partial charge is 0.453 e. The van der Waals surface area contributed by atoms with Crippen LogP contribution in [0.2, 0.25) is 0 Å². The maximum Gasteiger partial charge on any atom is 0.338 e. The van der Waals surface area contributed by atoms with E-state index >= 15 is 0 Å². The Hall–Kier alpha value is -1.73. The highest BCUT2D eigenvalue weighted by Gasteiger charge is 2.85. The summed E-state index contributed by atoms with van der Waals surface area (Å²) < 4.78 is 30.3. The maximum absolute atomic E-state index is 12.9. The predicted octanol–water partition coefficient (Wildman–Crippen LogP) is 5.02. The summed E-state index contributed by atoms with van der Waals surface area (Å²) in [5.41, 5.74) is 0.368. The smallest absolute Gasteiger partial charge is 0.338 e. The van der Waals surface area contributed by atoms with Crippen molar-refractivity contribution < 1.29 is 28.5 Å². The number of benzene rings is 1. The molecule has 2 saturated heterocycles. The summed E-state index contributed by atoms with van der Waals surface area (Å²) in [7, 11) is 3.51. The van der Waals surface area contributed by atoms with Gasteiger partial charge in [0.2, 0.25) is 0 Å². The lowest BCUT2D eigenvalue weighted by Crippen LogP contribution is -2.60. The van der Waals surface area contributed by atoms with E-state index in [2.05, 4.69) is 32.9 Å². The van der Waals surface area contributed by atoms with Gasteiger partial charge < -0.3 is 23.7 Å². The number of methoxy groups -OCH3 is 2. The molecule has 2 heterocycles. The third-order valence-corrected chi connectivity index (χ3v) is 11.8. The summed E-state index contributed by atoms with van der Waals surface area (Å²) in [6.45, 7) is 7.23. The molecule has 3 saturated carbocycles. The molecule has 1 aromatic carbocycles.